The van der Waals surface area contributed by atoms with Gasteiger partial charge in [0, 0.05) is 18.8 Å². The van der Waals surface area contributed by atoms with Crippen LogP contribution in [-0.4, -0.2) is 43.5 Å². The van der Waals surface area contributed by atoms with E-state index in [-0.39, 0.29) is 5.69 Å². The lowest BCUT2D eigenvalue weighted by Gasteiger charge is -2.31. The van der Waals surface area contributed by atoms with E-state index in [1.54, 1.807) is 37.8 Å². The second kappa shape index (κ2) is 7.57. The number of carbonyl (C=O) groups excluding carboxylic acids is 1. The van der Waals surface area contributed by atoms with Crippen molar-refractivity contribution in [1.82, 2.24) is 4.90 Å². The molecule has 1 heterocycles. The van der Waals surface area contributed by atoms with Crippen molar-refractivity contribution in [3.8, 4) is 0 Å². The molecule has 0 aliphatic carbocycles. The molecule has 1 aromatic carbocycles. The van der Waals surface area contributed by atoms with Crippen molar-refractivity contribution < 1.29 is 31.1 Å². The van der Waals surface area contributed by atoms with E-state index >= 15 is 0 Å². The molecule has 27 heavy (non-hydrogen) atoms. The van der Waals surface area contributed by atoms with Gasteiger partial charge in [-0.05, 0) is 50.5 Å². The van der Waals surface area contributed by atoms with Crippen molar-refractivity contribution in [1.29, 1.82) is 0 Å². The highest BCUT2D eigenvalue weighted by Crippen LogP contribution is 2.25. The van der Waals surface area contributed by atoms with Crippen LogP contribution >= 0.6 is 0 Å². The summed E-state index contributed by atoms with van der Waals surface area (Å²) in [4.78, 5) is 13.7. The number of amides is 1. The summed E-state index contributed by atoms with van der Waals surface area (Å²) >= 11 is 0. The van der Waals surface area contributed by atoms with Crippen LogP contribution in [0.15, 0.2) is 18.2 Å². The fraction of sp³-hybridized carbons (Fsp3) is 0.588. The second-order valence-corrected chi connectivity index (χ2v) is 9.26. The van der Waals surface area contributed by atoms with Gasteiger partial charge in [-0.1, -0.05) is 6.07 Å². The average Bonchev–Trinajstić information content (AvgIpc) is 2.50. The Morgan fingerprint density at radius 3 is 2.48 bits per heavy atom. The minimum atomic E-state index is -4.53. The normalized spacial score (nSPS) is 15.3. The van der Waals surface area contributed by atoms with Gasteiger partial charge in [-0.25, -0.2) is 13.2 Å². The van der Waals surface area contributed by atoms with Crippen LogP contribution in [0.2, 0.25) is 0 Å². The van der Waals surface area contributed by atoms with Crippen LogP contribution in [0.4, 0.5) is 23.7 Å². The molecule has 2 rings (SSSR count). The van der Waals surface area contributed by atoms with E-state index in [1.165, 1.54) is 6.07 Å². The first kappa shape index (κ1) is 21.3. The molecule has 1 amide bonds. The SMILES string of the molecule is CC(C)(C)OC(=O)N1CCc2cc(NS(=O)(=O)CCC(F)(F)F)ccc2C1. The molecule has 10 heteroatoms. The molecule has 0 bridgehead atoms. The van der Waals surface area contributed by atoms with Gasteiger partial charge in [0.25, 0.3) is 0 Å². The number of sulfonamides is 1. The highest BCUT2D eigenvalue weighted by molar-refractivity contribution is 7.92. The number of carbonyl (C=O) groups is 1. The molecular weight excluding hydrogens is 385 g/mol. The fourth-order valence-electron chi connectivity index (χ4n) is 2.58. The predicted octanol–water partition coefficient (Wildman–Crippen LogP) is 3.67. The van der Waals surface area contributed by atoms with Crippen LogP contribution < -0.4 is 4.72 Å². The van der Waals surface area contributed by atoms with E-state index in [9.17, 15) is 26.4 Å². The molecule has 0 radical (unpaired) electrons. The number of nitrogens with one attached hydrogen (secondary N) is 1. The molecule has 0 saturated heterocycles. The maximum Gasteiger partial charge on any atom is 0.410 e. The summed E-state index contributed by atoms with van der Waals surface area (Å²) in [7, 11) is -4.09. The van der Waals surface area contributed by atoms with Gasteiger partial charge in [0.05, 0.1) is 12.2 Å². The third-order valence-corrected chi connectivity index (χ3v) is 5.09. The van der Waals surface area contributed by atoms with Crippen molar-refractivity contribution >= 4 is 21.8 Å². The summed E-state index contributed by atoms with van der Waals surface area (Å²) in [5.41, 5.74) is 1.29. The molecule has 1 aliphatic rings. The smallest absolute Gasteiger partial charge is 0.410 e. The number of alkyl halides is 3. The number of rotatable bonds is 4. The summed E-state index contributed by atoms with van der Waals surface area (Å²) in [6, 6.07) is 4.73. The number of ether oxygens (including phenoxy) is 1. The quantitative estimate of drug-likeness (QED) is 0.825. The molecule has 0 atom stereocenters. The minimum Gasteiger partial charge on any atom is -0.444 e. The Labute approximate surface area is 156 Å². The summed E-state index contributed by atoms with van der Waals surface area (Å²) in [5.74, 6) is -1.03. The van der Waals surface area contributed by atoms with Crippen molar-refractivity contribution in [2.24, 2.45) is 0 Å². The molecule has 0 fully saturated rings. The Morgan fingerprint density at radius 1 is 1.22 bits per heavy atom. The monoisotopic (exact) mass is 408 g/mol. The molecule has 0 aromatic heterocycles. The Balaban J connectivity index is 2.03. The standard InChI is InChI=1S/C17H23F3N2O4S/c1-16(2,3)26-15(23)22-8-6-12-10-14(5-4-13(12)11-22)21-27(24,25)9-7-17(18,19)20/h4-5,10,21H,6-9,11H2,1-3H3. The largest absolute Gasteiger partial charge is 0.444 e. The van der Waals surface area contributed by atoms with Crippen molar-refractivity contribution in [3.63, 3.8) is 0 Å². The summed E-state index contributed by atoms with van der Waals surface area (Å²) in [5, 5.41) is 0. The van der Waals surface area contributed by atoms with Crippen molar-refractivity contribution in [3.05, 3.63) is 29.3 Å². The van der Waals surface area contributed by atoms with Crippen LogP contribution in [0, 0.1) is 0 Å². The zero-order chi connectivity index (χ0) is 20.5. The molecule has 1 aliphatic heterocycles. The zero-order valence-electron chi connectivity index (χ0n) is 15.4. The number of anilines is 1. The van der Waals surface area contributed by atoms with E-state index in [4.69, 9.17) is 4.74 Å². The van der Waals surface area contributed by atoms with Crippen molar-refractivity contribution in [2.45, 2.75) is 51.9 Å². The average molecular weight is 408 g/mol. The summed E-state index contributed by atoms with van der Waals surface area (Å²) in [6.07, 6.45) is -5.87. The first-order valence-corrected chi connectivity index (χ1v) is 10.1. The second-order valence-electron chi connectivity index (χ2n) is 7.42. The zero-order valence-corrected chi connectivity index (χ0v) is 16.2. The maximum atomic E-state index is 12.2. The number of fused-ring (bicyclic) bond motifs is 1. The lowest BCUT2D eigenvalue weighted by atomic mass is 9.99. The number of nitrogens with zero attached hydrogens (tertiary/aromatic N) is 1. The van der Waals surface area contributed by atoms with Crippen LogP contribution in [0.25, 0.3) is 0 Å². The van der Waals surface area contributed by atoms with Gasteiger partial charge >= 0.3 is 12.3 Å². The van der Waals surface area contributed by atoms with Gasteiger partial charge in [-0.15, -0.1) is 0 Å². The number of hydrogen-bond donors (Lipinski definition) is 1. The Kier molecular flexibility index (Phi) is 5.98. The van der Waals surface area contributed by atoms with Crippen molar-refractivity contribution in [2.75, 3.05) is 17.0 Å². The highest BCUT2D eigenvalue weighted by atomic mass is 32.2. The van der Waals surface area contributed by atoms with Gasteiger partial charge in [0.15, 0.2) is 0 Å². The molecule has 1 aromatic rings. The maximum absolute atomic E-state index is 12.2. The van der Waals surface area contributed by atoms with Gasteiger partial charge in [-0.2, -0.15) is 13.2 Å². The first-order chi connectivity index (χ1) is 12.2. The molecule has 6 nitrogen and oxygen atoms in total. The molecule has 0 saturated carbocycles. The van der Waals surface area contributed by atoms with E-state index < -0.39 is 40.1 Å². The molecule has 152 valence electrons. The lowest BCUT2D eigenvalue weighted by Crippen LogP contribution is -2.39. The Morgan fingerprint density at radius 2 is 1.89 bits per heavy atom. The Hall–Kier alpha value is -1.97. The molecular formula is C17H23F3N2O4S. The fourth-order valence-corrected chi connectivity index (χ4v) is 3.67. The number of benzene rings is 1. The topological polar surface area (TPSA) is 75.7 Å². The van der Waals surface area contributed by atoms with Crippen LogP contribution in [0.1, 0.15) is 38.3 Å². The van der Waals surface area contributed by atoms with E-state index in [1.807, 2.05) is 0 Å². The van der Waals surface area contributed by atoms with Gasteiger partial charge in [-0.3, -0.25) is 4.72 Å². The first-order valence-electron chi connectivity index (χ1n) is 8.41. The van der Waals surface area contributed by atoms with Gasteiger partial charge < -0.3 is 9.64 Å². The number of hydrogen-bond acceptors (Lipinski definition) is 4. The van der Waals surface area contributed by atoms with E-state index in [2.05, 4.69) is 4.72 Å². The Bertz CT molecular complexity index is 801. The third kappa shape index (κ3) is 6.93. The van der Waals surface area contributed by atoms with Gasteiger partial charge in [0.1, 0.15) is 5.60 Å². The minimum absolute atomic E-state index is 0.210. The molecule has 0 spiro atoms. The van der Waals surface area contributed by atoms with Crippen LogP contribution in [0.5, 0.6) is 0 Å². The van der Waals surface area contributed by atoms with Crippen LogP contribution in [0.3, 0.4) is 0 Å². The lowest BCUT2D eigenvalue weighted by molar-refractivity contribution is -0.129. The summed E-state index contributed by atoms with van der Waals surface area (Å²) < 4.78 is 67.8. The molecule has 1 N–H and O–H groups in total. The predicted molar refractivity (Wildman–Crippen MR) is 94.9 cm³/mol. The van der Waals surface area contributed by atoms with E-state index in [0.29, 0.717) is 19.5 Å². The van der Waals surface area contributed by atoms with E-state index in [0.717, 1.165) is 11.1 Å². The number of halogens is 3. The van der Waals surface area contributed by atoms with Gasteiger partial charge in [0.2, 0.25) is 10.0 Å². The summed E-state index contributed by atoms with van der Waals surface area (Å²) in [6.45, 7) is 6.07. The highest BCUT2D eigenvalue weighted by Gasteiger charge is 2.30. The van der Waals surface area contributed by atoms with Crippen LogP contribution in [-0.2, 0) is 27.7 Å². The molecule has 0 unspecified atom stereocenters. The third-order valence-electron chi connectivity index (χ3n) is 3.80.